The lowest BCUT2D eigenvalue weighted by atomic mass is 9.95. The molecule has 4 rings (SSSR count). The minimum atomic E-state index is -0.736. The van der Waals surface area contributed by atoms with E-state index in [9.17, 15) is 14.7 Å². The van der Waals surface area contributed by atoms with Crippen molar-refractivity contribution in [3.05, 3.63) is 93.4 Å². The summed E-state index contributed by atoms with van der Waals surface area (Å²) >= 11 is 1.28. The van der Waals surface area contributed by atoms with E-state index in [-0.39, 0.29) is 11.4 Å². The molecule has 0 saturated carbocycles. The smallest absolute Gasteiger partial charge is 0.290 e. The van der Waals surface area contributed by atoms with Crippen LogP contribution >= 0.6 is 11.3 Å². The molecule has 0 saturated heterocycles. The highest BCUT2D eigenvalue weighted by atomic mass is 32.1. The van der Waals surface area contributed by atoms with Gasteiger partial charge in [0.1, 0.15) is 0 Å². The van der Waals surface area contributed by atoms with Gasteiger partial charge in [-0.05, 0) is 54.5 Å². The van der Waals surface area contributed by atoms with Crippen LogP contribution in [-0.2, 0) is 11.2 Å². The molecular weight excluding hydrogens is 462 g/mol. The second-order valence-electron chi connectivity index (χ2n) is 8.19. The van der Waals surface area contributed by atoms with E-state index >= 15 is 0 Å². The SMILES string of the molecule is CCCOc1ccc(C2C(C(=O)c3cccs3)=C(O)C(=O)N2CCc2ccccc2)cc1OCC. The number of hydrogen-bond acceptors (Lipinski definition) is 6. The zero-order chi connectivity index (χ0) is 24.8. The van der Waals surface area contributed by atoms with Gasteiger partial charge in [-0.15, -0.1) is 11.3 Å². The number of benzene rings is 2. The Balaban J connectivity index is 1.74. The Labute approximate surface area is 209 Å². The molecule has 35 heavy (non-hydrogen) atoms. The molecule has 1 atom stereocenters. The van der Waals surface area contributed by atoms with Crippen molar-refractivity contribution in [3.8, 4) is 11.5 Å². The highest BCUT2D eigenvalue weighted by Crippen LogP contribution is 2.42. The molecule has 6 nitrogen and oxygen atoms in total. The maximum atomic E-state index is 13.4. The topological polar surface area (TPSA) is 76.1 Å². The van der Waals surface area contributed by atoms with Crippen molar-refractivity contribution in [3.63, 3.8) is 0 Å². The maximum absolute atomic E-state index is 13.4. The largest absolute Gasteiger partial charge is 0.503 e. The number of Topliss-reactive ketones (excluding diaryl/α,β-unsaturated/α-hetero) is 1. The van der Waals surface area contributed by atoms with Crippen molar-refractivity contribution < 1.29 is 24.2 Å². The minimum absolute atomic E-state index is 0.0928. The Hall–Kier alpha value is -3.58. The van der Waals surface area contributed by atoms with E-state index in [4.69, 9.17) is 9.47 Å². The minimum Gasteiger partial charge on any atom is -0.503 e. The average molecular weight is 492 g/mol. The predicted molar refractivity (Wildman–Crippen MR) is 136 cm³/mol. The lowest BCUT2D eigenvalue weighted by molar-refractivity contribution is -0.129. The molecule has 3 aromatic rings. The second-order valence-corrected chi connectivity index (χ2v) is 9.14. The molecule has 2 aromatic carbocycles. The highest BCUT2D eigenvalue weighted by molar-refractivity contribution is 7.12. The third-order valence-electron chi connectivity index (χ3n) is 5.82. The maximum Gasteiger partial charge on any atom is 0.290 e. The van der Waals surface area contributed by atoms with Crippen molar-refractivity contribution in [1.82, 2.24) is 4.90 Å². The molecule has 2 heterocycles. The first-order valence-corrected chi connectivity index (χ1v) is 12.7. The van der Waals surface area contributed by atoms with Crippen LogP contribution in [0.3, 0.4) is 0 Å². The molecule has 1 aliphatic heterocycles. The molecule has 7 heteroatoms. The number of aliphatic hydroxyl groups excluding tert-OH is 1. The van der Waals surface area contributed by atoms with Gasteiger partial charge in [0, 0.05) is 6.54 Å². The third-order valence-corrected chi connectivity index (χ3v) is 6.69. The zero-order valence-electron chi connectivity index (χ0n) is 19.9. The number of carbonyl (C=O) groups is 2. The number of rotatable bonds is 11. The van der Waals surface area contributed by atoms with Crippen molar-refractivity contribution in [2.75, 3.05) is 19.8 Å². The van der Waals surface area contributed by atoms with Crippen LogP contribution in [0.4, 0.5) is 0 Å². The van der Waals surface area contributed by atoms with Gasteiger partial charge in [-0.2, -0.15) is 0 Å². The predicted octanol–water partition coefficient (Wildman–Crippen LogP) is 5.76. The quantitative estimate of drug-likeness (QED) is 0.345. The number of nitrogens with zero attached hydrogens (tertiary/aromatic N) is 1. The average Bonchev–Trinajstić information content (AvgIpc) is 3.50. The first-order valence-electron chi connectivity index (χ1n) is 11.8. The molecule has 0 radical (unpaired) electrons. The van der Waals surface area contributed by atoms with E-state index in [1.807, 2.05) is 56.3 Å². The first-order chi connectivity index (χ1) is 17.0. The van der Waals surface area contributed by atoms with Crippen molar-refractivity contribution >= 4 is 23.0 Å². The lowest BCUT2D eigenvalue weighted by Gasteiger charge is -2.27. The molecular formula is C28H29NO5S. The van der Waals surface area contributed by atoms with Crippen LogP contribution < -0.4 is 9.47 Å². The van der Waals surface area contributed by atoms with Gasteiger partial charge in [-0.1, -0.05) is 49.4 Å². The number of hydrogen-bond donors (Lipinski definition) is 1. The molecule has 1 unspecified atom stereocenters. The summed E-state index contributed by atoms with van der Waals surface area (Å²) < 4.78 is 11.7. The Bertz CT molecular complexity index is 1200. The molecule has 1 aromatic heterocycles. The lowest BCUT2D eigenvalue weighted by Crippen LogP contribution is -2.33. The van der Waals surface area contributed by atoms with Crippen LogP contribution in [0.15, 0.2) is 77.4 Å². The molecule has 182 valence electrons. The van der Waals surface area contributed by atoms with Gasteiger partial charge >= 0.3 is 0 Å². The molecule has 0 bridgehead atoms. The van der Waals surface area contributed by atoms with Gasteiger partial charge in [0.05, 0.1) is 29.7 Å². The fourth-order valence-corrected chi connectivity index (χ4v) is 4.87. The van der Waals surface area contributed by atoms with Gasteiger partial charge in [0.2, 0.25) is 5.78 Å². The van der Waals surface area contributed by atoms with E-state index in [1.54, 1.807) is 28.5 Å². The van der Waals surface area contributed by atoms with Gasteiger partial charge in [-0.3, -0.25) is 9.59 Å². The van der Waals surface area contributed by atoms with Crippen LogP contribution in [0.25, 0.3) is 0 Å². The molecule has 1 aliphatic rings. The third kappa shape index (κ3) is 5.25. The van der Waals surface area contributed by atoms with Crippen LogP contribution in [0.2, 0.25) is 0 Å². The molecule has 0 spiro atoms. The number of ketones is 1. The number of thiophene rings is 1. The van der Waals surface area contributed by atoms with Gasteiger partial charge in [0.15, 0.2) is 17.3 Å². The van der Waals surface area contributed by atoms with E-state index in [0.29, 0.717) is 48.1 Å². The molecule has 1 amide bonds. The van der Waals surface area contributed by atoms with E-state index < -0.39 is 17.7 Å². The summed E-state index contributed by atoms with van der Waals surface area (Å²) in [7, 11) is 0. The Morgan fingerprint density at radius 3 is 2.51 bits per heavy atom. The Morgan fingerprint density at radius 2 is 1.83 bits per heavy atom. The summed E-state index contributed by atoms with van der Waals surface area (Å²) in [6, 6.07) is 18.0. The Kier molecular flexibility index (Phi) is 7.87. The van der Waals surface area contributed by atoms with E-state index in [0.717, 1.165) is 12.0 Å². The normalized spacial score (nSPS) is 15.5. The van der Waals surface area contributed by atoms with Crippen LogP contribution in [0.5, 0.6) is 11.5 Å². The summed E-state index contributed by atoms with van der Waals surface area (Å²) in [6.07, 6.45) is 1.45. The number of amides is 1. The molecule has 0 fully saturated rings. The first kappa shape index (κ1) is 24.5. The Morgan fingerprint density at radius 1 is 1.03 bits per heavy atom. The van der Waals surface area contributed by atoms with Crippen molar-refractivity contribution in [2.45, 2.75) is 32.7 Å². The van der Waals surface area contributed by atoms with E-state index in [2.05, 4.69) is 0 Å². The number of aliphatic hydroxyl groups is 1. The van der Waals surface area contributed by atoms with Crippen LogP contribution in [0.1, 0.15) is 47.1 Å². The standard InChI is InChI=1S/C28H29NO5S/c1-3-16-34-21-13-12-20(18-22(21)33-4-2)25-24(26(30)23-11-8-17-35-23)27(31)28(32)29(25)15-14-19-9-6-5-7-10-19/h5-13,17-18,25,31H,3-4,14-16H2,1-2H3. The van der Waals surface area contributed by atoms with Gasteiger partial charge in [-0.25, -0.2) is 0 Å². The molecule has 1 N–H and O–H groups in total. The van der Waals surface area contributed by atoms with Crippen molar-refractivity contribution in [1.29, 1.82) is 0 Å². The number of ether oxygens (including phenoxy) is 2. The number of carbonyl (C=O) groups excluding carboxylic acids is 2. The van der Waals surface area contributed by atoms with Crippen LogP contribution in [-0.4, -0.2) is 41.5 Å². The summed E-state index contributed by atoms with van der Waals surface area (Å²) in [5.74, 6) is -0.233. The highest BCUT2D eigenvalue weighted by Gasteiger charge is 2.44. The van der Waals surface area contributed by atoms with Gasteiger partial charge in [0.25, 0.3) is 5.91 Å². The fraction of sp³-hybridized carbons (Fsp3) is 0.286. The summed E-state index contributed by atoms with van der Waals surface area (Å²) in [5.41, 5.74) is 1.84. The monoisotopic (exact) mass is 491 g/mol. The van der Waals surface area contributed by atoms with E-state index in [1.165, 1.54) is 11.3 Å². The second kappa shape index (κ2) is 11.2. The van der Waals surface area contributed by atoms with Crippen LogP contribution in [0, 0.1) is 0 Å². The molecule has 0 aliphatic carbocycles. The zero-order valence-corrected chi connectivity index (χ0v) is 20.7. The van der Waals surface area contributed by atoms with Gasteiger partial charge < -0.3 is 19.5 Å². The fourth-order valence-electron chi connectivity index (χ4n) is 4.19. The van der Waals surface area contributed by atoms with Crippen molar-refractivity contribution in [2.24, 2.45) is 0 Å². The summed E-state index contributed by atoms with van der Waals surface area (Å²) in [6.45, 7) is 5.25. The summed E-state index contributed by atoms with van der Waals surface area (Å²) in [5, 5.41) is 12.7. The summed E-state index contributed by atoms with van der Waals surface area (Å²) in [4.78, 5) is 28.7.